The fraction of sp³-hybridized carbons (Fsp3) is 0.636. The summed E-state index contributed by atoms with van der Waals surface area (Å²) in [6.07, 6.45) is 2.81. The lowest BCUT2D eigenvalue weighted by molar-refractivity contribution is -0.119. The van der Waals surface area contributed by atoms with Crippen LogP contribution in [0.2, 0.25) is 0 Å². The van der Waals surface area contributed by atoms with Crippen LogP contribution in [-0.4, -0.2) is 28.8 Å². The molecule has 2 heterocycles. The molecule has 0 saturated carbocycles. The van der Waals surface area contributed by atoms with E-state index in [9.17, 15) is 4.79 Å². The Morgan fingerprint density at radius 3 is 3.12 bits per heavy atom. The molecule has 16 heavy (non-hydrogen) atoms. The van der Waals surface area contributed by atoms with Crippen LogP contribution in [0.5, 0.6) is 0 Å². The third-order valence-corrected chi connectivity index (χ3v) is 2.96. The normalized spacial score (nSPS) is 20.0. The average molecular weight is 222 g/mol. The van der Waals surface area contributed by atoms with Crippen molar-refractivity contribution < 1.29 is 4.79 Å². The first-order valence-corrected chi connectivity index (χ1v) is 5.76. The molecule has 0 bridgehead atoms. The van der Waals surface area contributed by atoms with Crippen LogP contribution in [-0.2, 0) is 11.3 Å². The predicted molar refractivity (Wildman–Crippen MR) is 62.2 cm³/mol. The van der Waals surface area contributed by atoms with E-state index in [1.165, 1.54) is 0 Å². The van der Waals surface area contributed by atoms with Gasteiger partial charge in [-0.05, 0) is 26.8 Å². The number of aryl methyl sites for hydroxylation is 2. The molecule has 0 aliphatic carbocycles. The molecule has 1 unspecified atom stereocenters. The number of nitrogens with zero attached hydrogens (tertiary/aromatic N) is 2. The zero-order valence-electron chi connectivity index (χ0n) is 9.79. The fourth-order valence-electron chi connectivity index (χ4n) is 1.92. The molecule has 1 aliphatic rings. The smallest absolute Gasteiger partial charge is 0.228 e. The molecule has 2 N–H and O–H groups in total. The molecule has 5 heteroatoms. The topological polar surface area (TPSA) is 59.0 Å². The van der Waals surface area contributed by atoms with Crippen LogP contribution in [0.15, 0.2) is 6.20 Å². The number of hydrogen-bond donors (Lipinski definition) is 2. The molecule has 1 atom stereocenters. The minimum Gasteiger partial charge on any atom is -0.323 e. The molecule has 88 valence electrons. The number of hydrogen-bond acceptors (Lipinski definition) is 3. The van der Waals surface area contributed by atoms with Gasteiger partial charge in [0.05, 0.1) is 17.3 Å². The van der Waals surface area contributed by atoms with Crippen molar-refractivity contribution >= 4 is 11.6 Å². The summed E-state index contributed by atoms with van der Waals surface area (Å²) in [6.45, 7) is 6.48. The molecule has 0 aromatic carbocycles. The van der Waals surface area contributed by atoms with E-state index < -0.39 is 0 Å². The van der Waals surface area contributed by atoms with Crippen LogP contribution in [0.4, 0.5) is 5.69 Å². The second-order valence-electron chi connectivity index (χ2n) is 4.16. The summed E-state index contributed by atoms with van der Waals surface area (Å²) in [5.74, 6) is 0.202. The molecule has 1 amide bonds. The van der Waals surface area contributed by atoms with Gasteiger partial charge in [0.15, 0.2) is 0 Å². The van der Waals surface area contributed by atoms with Gasteiger partial charge in [0.1, 0.15) is 0 Å². The first kappa shape index (κ1) is 11.1. The van der Waals surface area contributed by atoms with Crippen LogP contribution in [0.25, 0.3) is 0 Å². The standard InChI is InChI=1S/C11H18N4O/c1-3-15-7-10(8(2)14-15)13-11(16)9-4-5-12-6-9/h7,9,12H,3-6H2,1-2H3,(H,13,16). The van der Waals surface area contributed by atoms with E-state index in [2.05, 4.69) is 15.7 Å². The van der Waals surface area contributed by atoms with Crippen LogP contribution >= 0.6 is 0 Å². The average Bonchev–Trinajstić information content (AvgIpc) is 2.88. The van der Waals surface area contributed by atoms with E-state index in [0.717, 1.165) is 37.4 Å². The van der Waals surface area contributed by atoms with E-state index >= 15 is 0 Å². The van der Waals surface area contributed by atoms with Gasteiger partial charge in [0.2, 0.25) is 5.91 Å². The van der Waals surface area contributed by atoms with Gasteiger partial charge in [-0.3, -0.25) is 9.48 Å². The summed E-state index contributed by atoms with van der Waals surface area (Å²) in [6, 6.07) is 0. The number of anilines is 1. The Kier molecular flexibility index (Phi) is 3.24. The summed E-state index contributed by atoms with van der Waals surface area (Å²) in [5.41, 5.74) is 1.71. The third kappa shape index (κ3) is 2.24. The number of nitrogens with one attached hydrogen (secondary N) is 2. The molecule has 1 aromatic rings. The maximum absolute atomic E-state index is 11.9. The summed E-state index contributed by atoms with van der Waals surface area (Å²) >= 11 is 0. The zero-order valence-corrected chi connectivity index (χ0v) is 9.79. The van der Waals surface area contributed by atoms with Crippen molar-refractivity contribution in [2.45, 2.75) is 26.8 Å². The summed E-state index contributed by atoms with van der Waals surface area (Å²) in [7, 11) is 0. The Morgan fingerprint density at radius 1 is 1.75 bits per heavy atom. The van der Waals surface area contributed by atoms with Crippen LogP contribution in [0, 0.1) is 12.8 Å². The second kappa shape index (κ2) is 4.65. The van der Waals surface area contributed by atoms with Gasteiger partial charge in [-0.25, -0.2) is 0 Å². The summed E-state index contributed by atoms with van der Waals surface area (Å²) in [4.78, 5) is 11.9. The first-order valence-electron chi connectivity index (χ1n) is 5.76. The van der Waals surface area contributed by atoms with Crippen molar-refractivity contribution in [3.05, 3.63) is 11.9 Å². The van der Waals surface area contributed by atoms with Gasteiger partial charge >= 0.3 is 0 Å². The highest BCUT2D eigenvalue weighted by molar-refractivity contribution is 5.93. The minimum atomic E-state index is 0.101. The Balaban J connectivity index is 2.02. The van der Waals surface area contributed by atoms with E-state index in [1.54, 1.807) is 0 Å². The molecule has 0 radical (unpaired) electrons. The molecule has 1 aliphatic heterocycles. The molecular weight excluding hydrogens is 204 g/mol. The number of rotatable bonds is 3. The second-order valence-corrected chi connectivity index (χ2v) is 4.16. The first-order chi connectivity index (χ1) is 7.70. The van der Waals surface area contributed by atoms with Crippen LogP contribution in [0.3, 0.4) is 0 Å². The maximum Gasteiger partial charge on any atom is 0.228 e. The van der Waals surface area contributed by atoms with Gasteiger partial charge in [-0.2, -0.15) is 5.10 Å². The molecular formula is C11H18N4O. The lowest BCUT2D eigenvalue weighted by Gasteiger charge is -2.08. The Labute approximate surface area is 95.2 Å². The summed E-state index contributed by atoms with van der Waals surface area (Å²) in [5, 5.41) is 10.4. The largest absolute Gasteiger partial charge is 0.323 e. The molecule has 5 nitrogen and oxygen atoms in total. The Morgan fingerprint density at radius 2 is 2.56 bits per heavy atom. The van der Waals surface area contributed by atoms with E-state index in [1.807, 2.05) is 24.7 Å². The molecule has 1 saturated heterocycles. The zero-order chi connectivity index (χ0) is 11.5. The van der Waals surface area contributed by atoms with Gasteiger partial charge in [-0.15, -0.1) is 0 Å². The van der Waals surface area contributed by atoms with E-state index in [0.29, 0.717) is 0 Å². The van der Waals surface area contributed by atoms with Crippen molar-refractivity contribution in [1.82, 2.24) is 15.1 Å². The highest BCUT2D eigenvalue weighted by Gasteiger charge is 2.23. The Bertz CT molecular complexity index is 379. The number of carbonyl (C=O) groups excluding carboxylic acids is 1. The van der Waals surface area contributed by atoms with Gasteiger partial charge in [0, 0.05) is 19.3 Å². The predicted octanol–water partition coefficient (Wildman–Crippen LogP) is 0.759. The van der Waals surface area contributed by atoms with E-state index in [-0.39, 0.29) is 11.8 Å². The SMILES string of the molecule is CCn1cc(NC(=O)C2CCNC2)c(C)n1. The number of carbonyl (C=O) groups is 1. The van der Waals surface area contributed by atoms with Crippen molar-refractivity contribution in [2.75, 3.05) is 18.4 Å². The van der Waals surface area contributed by atoms with Crippen LogP contribution < -0.4 is 10.6 Å². The van der Waals surface area contributed by atoms with Crippen LogP contribution in [0.1, 0.15) is 19.0 Å². The molecule has 1 fully saturated rings. The molecule has 0 spiro atoms. The van der Waals surface area contributed by atoms with E-state index in [4.69, 9.17) is 0 Å². The number of aromatic nitrogens is 2. The fourth-order valence-corrected chi connectivity index (χ4v) is 1.92. The van der Waals surface area contributed by atoms with Gasteiger partial charge < -0.3 is 10.6 Å². The quantitative estimate of drug-likeness (QED) is 0.793. The highest BCUT2D eigenvalue weighted by Crippen LogP contribution is 2.16. The van der Waals surface area contributed by atoms with Crippen molar-refractivity contribution in [2.24, 2.45) is 5.92 Å². The van der Waals surface area contributed by atoms with Crippen molar-refractivity contribution in [3.63, 3.8) is 0 Å². The van der Waals surface area contributed by atoms with Gasteiger partial charge in [-0.1, -0.05) is 0 Å². The summed E-state index contributed by atoms with van der Waals surface area (Å²) < 4.78 is 1.83. The van der Waals surface area contributed by atoms with Crippen molar-refractivity contribution in [3.8, 4) is 0 Å². The monoisotopic (exact) mass is 222 g/mol. The number of amides is 1. The Hall–Kier alpha value is -1.36. The lowest BCUT2D eigenvalue weighted by atomic mass is 10.1. The maximum atomic E-state index is 11.9. The molecule has 2 rings (SSSR count). The molecule has 1 aromatic heterocycles. The third-order valence-electron chi connectivity index (χ3n) is 2.96. The highest BCUT2D eigenvalue weighted by atomic mass is 16.1. The van der Waals surface area contributed by atoms with Crippen molar-refractivity contribution in [1.29, 1.82) is 0 Å². The lowest BCUT2D eigenvalue weighted by Crippen LogP contribution is -2.24. The van der Waals surface area contributed by atoms with Gasteiger partial charge in [0.25, 0.3) is 0 Å². The minimum absolute atomic E-state index is 0.101.